The van der Waals surface area contributed by atoms with Crippen molar-refractivity contribution in [1.29, 1.82) is 0 Å². The largest absolute Gasteiger partial charge is 0.339 e. The van der Waals surface area contributed by atoms with Crippen molar-refractivity contribution in [2.45, 2.75) is 19.3 Å². The van der Waals surface area contributed by atoms with Crippen molar-refractivity contribution in [3.05, 3.63) is 65.7 Å². The zero-order chi connectivity index (χ0) is 16.1. The monoisotopic (exact) mass is 308 g/mol. The smallest absolute Gasteiger partial charge is 0.253 e. The highest BCUT2D eigenvalue weighted by Gasteiger charge is 2.19. The fourth-order valence-electron chi connectivity index (χ4n) is 2.82. The van der Waals surface area contributed by atoms with Gasteiger partial charge in [0.2, 0.25) is 5.91 Å². The summed E-state index contributed by atoms with van der Waals surface area (Å²) in [6.07, 6.45) is 2.46. The average Bonchev–Trinajstić information content (AvgIpc) is 3.09. The lowest BCUT2D eigenvalue weighted by molar-refractivity contribution is -0.115. The van der Waals surface area contributed by atoms with Crippen molar-refractivity contribution in [2.75, 3.05) is 18.4 Å². The lowest BCUT2D eigenvalue weighted by atomic mass is 10.1. The molecule has 0 saturated carbocycles. The second kappa shape index (κ2) is 7.09. The Kier molecular flexibility index (Phi) is 4.71. The first-order chi connectivity index (χ1) is 11.2. The van der Waals surface area contributed by atoms with E-state index in [0.717, 1.165) is 31.5 Å². The van der Waals surface area contributed by atoms with Crippen LogP contribution < -0.4 is 5.32 Å². The van der Waals surface area contributed by atoms with Gasteiger partial charge in [-0.05, 0) is 36.6 Å². The van der Waals surface area contributed by atoms with Gasteiger partial charge in [-0.3, -0.25) is 9.59 Å². The third-order valence-electron chi connectivity index (χ3n) is 3.99. The van der Waals surface area contributed by atoms with Gasteiger partial charge in [0.1, 0.15) is 0 Å². The van der Waals surface area contributed by atoms with E-state index < -0.39 is 0 Å². The highest BCUT2D eigenvalue weighted by molar-refractivity contribution is 5.97. The molecule has 0 atom stereocenters. The summed E-state index contributed by atoms with van der Waals surface area (Å²) in [7, 11) is 0. The number of nitrogens with one attached hydrogen (secondary N) is 1. The Labute approximate surface area is 136 Å². The van der Waals surface area contributed by atoms with E-state index in [1.165, 1.54) is 0 Å². The summed E-state index contributed by atoms with van der Waals surface area (Å²) in [6, 6.07) is 16.8. The van der Waals surface area contributed by atoms with Gasteiger partial charge in [0.05, 0.1) is 6.42 Å². The molecule has 1 aliphatic heterocycles. The molecular weight excluding hydrogens is 288 g/mol. The molecular formula is C19H20N2O2. The van der Waals surface area contributed by atoms with E-state index in [-0.39, 0.29) is 11.8 Å². The third kappa shape index (κ3) is 3.97. The van der Waals surface area contributed by atoms with Crippen molar-refractivity contribution in [1.82, 2.24) is 4.90 Å². The van der Waals surface area contributed by atoms with Crippen LogP contribution in [0.5, 0.6) is 0 Å². The first-order valence-electron chi connectivity index (χ1n) is 7.95. The summed E-state index contributed by atoms with van der Waals surface area (Å²) in [6.45, 7) is 1.65. The van der Waals surface area contributed by atoms with E-state index in [2.05, 4.69) is 5.32 Å². The molecule has 1 heterocycles. The van der Waals surface area contributed by atoms with E-state index in [4.69, 9.17) is 0 Å². The molecule has 2 aromatic carbocycles. The highest BCUT2D eigenvalue weighted by atomic mass is 16.2. The van der Waals surface area contributed by atoms with Crippen LogP contribution in [0.1, 0.15) is 28.8 Å². The summed E-state index contributed by atoms with van der Waals surface area (Å²) in [4.78, 5) is 26.4. The number of rotatable bonds is 4. The molecule has 1 N–H and O–H groups in total. The molecule has 2 amide bonds. The van der Waals surface area contributed by atoms with Gasteiger partial charge in [-0.15, -0.1) is 0 Å². The summed E-state index contributed by atoms with van der Waals surface area (Å²) in [5.74, 6) is -0.0383. The Morgan fingerprint density at radius 2 is 1.70 bits per heavy atom. The van der Waals surface area contributed by atoms with Gasteiger partial charge in [-0.25, -0.2) is 0 Å². The van der Waals surface area contributed by atoms with Gasteiger partial charge < -0.3 is 10.2 Å². The van der Waals surface area contributed by atoms with E-state index >= 15 is 0 Å². The molecule has 0 radical (unpaired) electrons. The standard InChI is InChI=1S/C19H20N2O2/c22-18(13-15-7-2-1-3-8-15)20-17-10-6-9-16(14-17)19(23)21-11-4-5-12-21/h1-3,6-10,14H,4-5,11-13H2,(H,20,22). The molecule has 4 heteroatoms. The van der Waals surface area contributed by atoms with Crippen LogP contribution in [0.2, 0.25) is 0 Å². The van der Waals surface area contributed by atoms with Gasteiger partial charge in [0.25, 0.3) is 5.91 Å². The number of hydrogen-bond acceptors (Lipinski definition) is 2. The number of amides is 2. The van der Waals surface area contributed by atoms with Crippen LogP contribution in [0.3, 0.4) is 0 Å². The Bertz CT molecular complexity index is 692. The number of nitrogens with zero attached hydrogens (tertiary/aromatic N) is 1. The van der Waals surface area contributed by atoms with Crippen LogP contribution in [0.4, 0.5) is 5.69 Å². The van der Waals surface area contributed by atoms with E-state index in [0.29, 0.717) is 17.7 Å². The molecule has 23 heavy (non-hydrogen) atoms. The quantitative estimate of drug-likeness (QED) is 0.943. The molecule has 0 aliphatic carbocycles. The Hall–Kier alpha value is -2.62. The van der Waals surface area contributed by atoms with E-state index in [1.54, 1.807) is 18.2 Å². The van der Waals surface area contributed by atoms with E-state index in [9.17, 15) is 9.59 Å². The summed E-state index contributed by atoms with van der Waals surface area (Å²) >= 11 is 0. The van der Waals surface area contributed by atoms with Gasteiger partial charge in [0, 0.05) is 24.3 Å². The minimum atomic E-state index is -0.0815. The Morgan fingerprint density at radius 3 is 2.43 bits per heavy atom. The van der Waals surface area contributed by atoms with Crippen molar-refractivity contribution in [3.63, 3.8) is 0 Å². The summed E-state index contributed by atoms with van der Waals surface area (Å²) in [5.41, 5.74) is 2.26. The molecule has 0 aromatic heterocycles. The Morgan fingerprint density at radius 1 is 0.957 bits per heavy atom. The van der Waals surface area contributed by atoms with E-state index in [1.807, 2.05) is 41.3 Å². The van der Waals surface area contributed by atoms with Gasteiger partial charge in [0.15, 0.2) is 0 Å². The maximum Gasteiger partial charge on any atom is 0.253 e. The SMILES string of the molecule is O=C(Cc1ccccc1)Nc1cccc(C(=O)N2CCCC2)c1. The molecule has 1 fully saturated rings. The van der Waals surface area contributed by atoms with Crippen LogP contribution >= 0.6 is 0 Å². The number of hydrogen-bond donors (Lipinski definition) is 1. The molecule has 2 aromatic rings. The number of carbonyl (C=O) groups excluding carboxylic acids is 2. The van der Waals surface area contributed by atoms with Gasteiger partial charge in [-0.2, -0.15) is 0 Å². The molecule has 0 spiro atoms. The fourth-order valence-corrected chi connectivity index (χ4v) is 2.82. The Balaban J connectivity index is 1.65. The van der Waals surface area contributed by atoms with Crippen LogP contribution in [-0.4, -0.2) is 29.8 Å². The predicted octanol–water partition coefficient (Wildman–Crippen LogP) is 3.10. The van der Waals surface area contributed by atoms with Gasteiger partial charge in [-0.1, -0.05) is 36.4 Å². The van der Waals surface area contributed by atoms with Crippen LogP contribution in [0.25, 0.3) is 0 Å². The average molecular weight is 308 g/mol. The third-order valence-corrected chi connectivity index (χ3v) is 3.99. The van der Waals surface area contributed by atoms with Crippen LogP contribution in [0.15, 0.2) is 54.6 Å². The number of carbonyl (C=O) groups is 2. The minimum Gasteiger partial charge on any atom is -0.339 e. The number of anilines is 1. The molecule has 118 valence electrons. The zero-order valence-corrected chi connectivity index (χ0v) is 13.0. The van der Waals surface area contributed by atoms with Crippen molar-refractivity contribution in [3.8, 4) is 0 Å². The second-order valence-electron chi connectivity index (χ2n) is 5.79. The zero-order valence-electron chi connectivity index (χ0n) is 13.0. The topological polar surface area (TPSA) is 49.4 Å². The van der Waals surface area contributed by atoms with Gasteiger partial charge >= 0.3 is 0 Å². The maximum atomic E-state index is 12.4. The highest BCUT2D eigenvalue weighted by Crippen LogP contribution is 2.16. The summed E-state index contributed by atoms with van der Waals surface area (Å²) < 4.78 is 0. The van der Waals surface area contributed by atoms with Crippen molar-refractivity contribution in [2.24, 2.45) is 0 Å². The normalized spacial score (nSPS) is 13.8. The molecule has 1 saturated heterocycles. The number of benzene rings is 2. The molecule has 3 rings (SSSR count). The van der Waals surface area contributed by atoms with Crippen molar-refractivity contribution >= 4 is 17.5 Å². The molecule has 1 aliphatic rings. The molecule has 4 nitrogen and oxygen atoms in total. The number of likely N-dealkylation sites (tertiary alicyclic amines) is 1. The molecule has 0 unspecified atom stereocenters. The van der Waals surface area contributed by atoms with Crippen LogP contribution in [-0.2, 0) is 11.2 Å². The van der Waals surface area contributed by atoms with Crippen molar-refractivity contribution < 1.29 is 9.59 Å². The molecule has 0 bridgehead atoms. The predicted molar refractivity (Wildman–Crippen MR) is 90.4 cm³/mol. The van der Waals surface area contributed by atoms with Crippen LogP contribution in [0, 0.1) is 0 Å². The first kappa shape index (κ1) is 15.3. The second-order valence-corrected chi connectivity index (χ2v) is 5.79. The maximum absolute atomic E-state index is 12.4. The summed E-state index contributed by atoms with van der Waals surface area (Å²) in [5, 5.41) is 2.87. The lowest BCUT2D eigenvalue weighted by Crippen LogP contribution is -2.27. The lowest BCUT2D eigenvalue weighted by Gasteiger charge is -2.15. The first-order valence-corrected chi connectivity index (χ1v) is 7.95. The minimum absolute atomic E-state index is 0.0432. The fraction of sp³-hybridized carbons (Fsp3) is 0.263.